The number of hydrogen-bond acceptors (Lipinski definition) is 7. The van der Waals surface area contributed by atoms with Crippen LogP contribution >= 0.6 is 22.9 Å². The number of benzene rings is 2. The van der Waals surface area contributed by atoms with Crippen molar-refractivity contribution in [2.45, 2.75) is 19.9 Å². The number of rotatable bonds is 6. The van der Waals surface area contributed by atoms with Crippen molar-refractivity contribution >= 4 is 35.0 Å². The van der Waals surface area contributed by atoms with Crippen LogP contribution in [0.15, 0.2) is 86.1 Å². The van der Waals surface area contributed by atoms with Crippen molar-refractivity contribution in [2.75, 3.05) is 13.7 Å². The molecule has 2 aromatic heterocycles. The Labute approximate surface area is 221 Å². The molecule has 0 amide bonds. The summed E-state index contributed by atoms with van der Waals surface area (Å²) >= 11 is 7.53. The second-order valence-corrected chi connectivity index (χ2v) is 9.64. The number of hydrogen-bond donors (Lipinski definition) is 0. The van der Waals surface area contributed by atoms with Gasteiger partial charge in [-0.1, -0.05) is 53.3 Å². The predicted molar refractivity (Wildman–Crippen MR) is 143 cm³/mol. The Morgan fingerprint density at radius 2 is 1.92 bits per heavy atom. The SMILES string of the molecule is CCOC(=O)C1=C(C)N=c2s/c(=C\c3ccc(-c4ccccc4Cl)o3)c(=O)n2C1c1ccccc1OC. The number of nitrogens with zero attached hydrogens (tertiary/aromatic N) is 2. The summed E-state index contributed by atoms with van der Waals surface area (Å²) in [5, 5.41) is 0.571. The average Bonchev–Trinajstić information content (AvgIpc) is 3.48. The van der Waals surface area contributed by atoms with Gasteiger partial charge in [0, 0.05) is 17.2 Å². The molecule has 1 unspecified atom stereocenters. The van der Waals surface area contributed by atoms with E-state index in [2.05, 4.69) is 4.99 Å². The van der Waals surface area contributed by atoms with Crippen LogP contribution in [0.25, 0.3) is 17.4 Å². The lowest BCUT2D eigenvalue weighted by Gasteiger charge is -2.25. The van der Waals surface area contributed by atoms with Crippen LogP contribution in [0.4, 0.5) is 0 Å². The van der Waals surface area contributed by atoms with E-state index < -0.39 is 12.0 Å². The highest BCUT2D eigenvalue weighted by Gasteiger charge is 2.35. The first kappa shape index (κ1) is 24.8. The topological polar surface area (TPSA) is 83.0 Å². The maximum absolute atomic E-state index is 13.8. The van der Waals surface area contributed by atoms with Crippen LogP contribution in [0.2, 0.25) is 5.02 Å². The highest BCUT2D eigenvalue weighted by molar-refractivity contribution is 7.07. The number of para-hydroxylation sites is 1. The van der Waals surface area contributed by atoms with Gasteiger partial charge >= 0.3 is 5.97 Å². The van der Waals surface area contributed by atoms with Crippen LogP contribution in [-0.2, 0) is 9.53 Å². The Bertz CT molecular complexity index is 1710. The van der Waals surface area contributed by atoms with Crippen molar-refractivity contribution in [3.05, 3.63) is 108 Å². The van der Waals surface area contributed by atoms with Gasteiger partial charge in [-0.3, -0.25) is 9.36 Å². The van der Waals surface area contributed by atoms with Crippen molar-refractivity contribution < 1.29 is 18.7 Å². The molecule has 0 aliphatic carbocycles. The molecule has 7 nitrogen and oxygen atoms in total. The Balaban J connectivity index is 1.67. The highest BCUT2D eigenvalue weighted by Crippen LogP contribution is 2.35. The van der Waals surface area contributed by atoms with Gasteiger partial charge in [-0.25, -0.2) is 9.79 Å². The molecule has 0 bridgehead atoms. The van der Waals surface area contributed by atoms with E-state index in [-0.39, 0.29) is 12.2 Å². The van der Waals surface area contributed by atoms with Gasteiger partial charge < -0.3 is 13.9 Å². The zero-order chi connectivity index (χ0) is 26.1. The summed E-state index contributed by atoms with van der Waals surface area (Å²) in [6, 6.07) is 17.5. The molecule has 0 N–H and O–H groups in total. The van der Waals surface area contributed by atoms with Crippen molar-refractivity contribution in [3.8, 4) is 17.1 Å². The summed E-state index contributed by atoms with van der Waals surface area (Å²) in [4.78, 5) is 31.9. The van der Waals surface area contributed by atoms with E-state index in [1.54, 1.807) is 45.2 Å². The van der Waals surface area contributed by atoms with E-state index in [0.717, 1.165) is 5.56 Å². The van der Waals surface area contributed by atoms with Gasteiger partial charge in [0.25, 0.3) is 5.56 Å². The Morgan fingerprint density at radius 3 is 2.68 bits per heavy atom. The molecule has 1 aliphatic heterocycles. The molecule has 0 saturated heterocycles. The molecule has 37 heavy (non-hydrogen) atoms. The maximum Gasteiger partial charge on any atom is 0.338 e. The summed E-state index contributed by atoms with van der Waals surface area (Å²) < 4.78 is 18.8. The molecule has 188 valence electrons. The van der Waals surface area contributed by atoms with Crippen LogP contribution in [0.5, 0.6) is 5.75 Å². The lowest BCUT2D eigenvalue weighted by atomic mass is 9.95. The molecule has 1 atom stereocenters. The fraction of sp³-hybridized carbons (Fsp3) is 0.179. The number of allylic oxidation sites excluding steroid dienone is 1. The van der Waals surface area contributed by atoms with Gasteiger partial charge in [0.15, 0.2) is 4.80 Å². The zero-order valence-corrected chi connectivity index (χ0v) is 21.9. The minimum absolute atomic E-state index is 0.199. The predicted octanol–water partition coefficient (Wildman–Crippen LogP) is 4.72. The summed E-state index contributed by atoms with van der Waals surface area (Å²) in [6.07, 6.45) is 1.67. The van der Waals surface area contributed by atoms with E-state index in [9.17, 15) is 9.59 Å². The van der Waals surface area contributed by atoms with Crippen molar-refractivity contribution in [2.24, 2.45) is 4.99 Å². The molecule has 3 heterocycles. The number of methoxy groups -OCH3 is 1. The average molecular weight is 535 g/mol. The molecule has 4 aromatic rings. The molecule has 0 saturated carbocycles. The monoisotopic (exact) mass is 534 g/mol. The summed E-state index contributed by atoms with van der Waals surface area (Å²) in [7, 11) is 1.55. The van der Waals surface area contributed by atoms with Crippen molar-refractivity contribution in [1.82, 2.24) is 4.57 Å². The van der Waals surface area contributed by atoms with Crippen LogP contribution < -0.4 is 19.6 Å². The Morgan fingerprint density at radius 1 is 1.16 bits per heavy atom. The Kier molecular flexibility index (Phi) is 6.86. The second kappa shape index (κ2) is 10.2. The third kappa shape index (κ3) is 4.54. The maximum atomic E-state index is 13.8. The molecule has 0 radical (unpaired) electrons. The molecule has 0 spiro atoms. The van der Waals surface area contributed by atoms with Crippen molar-refractivity contribution in [1.29, 1.82) is 0 Å². The van der Waals surface area contributed by atoms with E-state index in [1.807, 2.05) is 42.5 Å². The van der Waals surface area contributed by atoms with E-state index in [1.165, 1.54) is 15.9 Å². The van der Waals surface area contributed by atoms with Gasteiger partial charge in [-0.2, -0.15) is 0 Å². The zero-order valence-electron chi connectivity index (χ0n) is 20.4. The molecular weight excluding hydrogens is 512 g/mol. The van der Waals surface area contributed by atoms with Crippen LogP contribution in [-0.4, -0.2) is 24.3 Å². The summed E-state index contributed by atoms with van der Waals surface area (Å²) in [5.74, 6) is 1.12. The van der Waals surface area contributed by atoms with Crippen molar-refractivity contribution in [3.63, 3.8) is 0 Å². The van der Waals surface area contributed by atoms with Gasteiger partial charge in [0.2, 0.25) is 0 Å². The smallest absolute Gasteiger partial charge is 0.338 e. The number of ether oxygens (including phenoxy) is 2. The first-order valence-corrected chi connectivity index (χ1v) is 12.8. The standard InChI is InChI=1S/C28H23ClN2O5S/c1-4-35-27(33)24-16(2)30-28-31(25(24)19-10-6-8-12-21(19)34-3)26(32)23(37-28)15-17-13-14-22(36-17)18-9-5-7-11-20(18)29/h5-15,25H,4H2,1-3H3/b23-15-. The fourth-order valence-corrected chi connectivity index (χ4v) is 5.60. The lowest BCUT2D eigenvalue weighted by molar-refractivity contribution is -0.139. The van der Waals surface area contributed by atoms with Gasteiger partial charge in [0.1, 0.15) is 23.3 Å². The Hall–Kier alpha value is -3.88. The van der Waals surface area contributed by atoms with E-state index >= 15 is 0 Å². The quantitative estimate of drug-likeness (QED) is 0.334. The number of halogens is 1. The second-order valence-electron chi connectivity index (χ2n) is 8.23. The first-order valence-electron chi connectivity index (χ1n) is 11.6. The molecular formula is C28H23ClN2O5S. The highest BCUT2D eigenvalue weighted by atomic mass is 35.5. The summed E-state index contributed by atoms with van der Waals surface area (Å²) in [6.45, 7) is 3.68. The van der Waals surface area contributed by atoms with E-state index in [0.29, 0.717) is 48.5 Å². The number of aromatic nitrogens is 1. The van der Waals surface area contributed by atoms with E-state index in [4.69, 9.17) is 25.5 Å². The third-order valence-electron chi connectivity index (χ3n) is 5.99. The number of carbonyl (C=O) groups excluding carboxylic acids is 1. The lowest BCUT2D eigenvalue weighted by Crippen LogP contribution is -2.40. The molecule has 0 fully saturated rings. The minimum atomic E-state index is -0.760. The van der Waals surface area contributed by atoms with Gasteiger partial charge in [-0.15, -0.1) is 0 Å². The normalized spacial score (nSPS) is 15.4. The number of fused-ring (bicyclic) bond motifs is 1. The number of esters is 1. The van der Waals surface area contributed by atoms with Gasteiger partial charge in [0.05, 0.1) is 34.5 Å². The molecule has 2 aromatic carbocycles. The number of thiazole rings is 1. The van der Waals surface area contributed by atoms with Crippen LogP contribution in [0.3, 0.4) is 0 Å². The van der Waals surface area contributed by atoms with Gasteiger partial charge in [-0.05, 0) is 44.2 Å². The molecule has 9 heteroatoms. The largest absolute Gasteiger partial charge is 0.496 e. The first-order chi connectivity index (χ1) is 17.9. The van der Waals surface area contributed by atoms with Crippen LogP contribution in [0.1, 0.15) is 31.2 Å². The third-order valence-corrected chi connectivity index (χ3v) is 7.30. The number of furan rings is 1. The molecule has 5 rings (SSSR count). The summed E-state index contributed by atoms with van der Waals surface area (Å²) in [5.41, 5.74) is 1.90. The number of carbonyl (C=O) groups is 1. The molecule has 1 aliphatic rings. The van der Waals surface area contributed by atoms with Crippen LogP contribution in [0, 0.1) is 0 Å². The minimum Gasteiger partial charge on any atom is -0.496 e. The fourth-order valence-electron chi connectivity index (χ4n) is 4.34.